The molecule has 0 fully saturated rings. The number of benzene rings is 2. The van der Waals surface area contributed by atoms with Crippen LogP contribution in [0, 0.1) is 0 Å². The van der Waals surface area contributed by atoms with Gasteiger partial charge >= 0.3 is 0 Å². The summed E-state index contributed by atoms with van der Waals surface area (Å²) in [5, 5.41) is 2.94. The standard InChI is InChI=1S/C17H16BrNO3/c18-14-4-1-12(2-5-14)10-17(20)19-8-7-13-3-6-15-16(9-13)22-11-21-15/h1-6,9H,7-8,10-11H2,(H,19,20). The van der Waals surface area contributed by atoms with Crippen molar-refractivity contribution in [2.24, 2.45) is 0 Å². The van der Waals surface area contributed by atoms with Gasteiger partial charge < -0.3 is 14.8 Å². The fourth-order valence-corrected chi connectivity index (χ4v) is 2.56. The van der Waals surface area contributed by atoms with E-state index in [4.69, 9.17) is 9.47 Å². The quantitative estimate of drug-likeness (QED) is 0.889. The summed E-state index contributed by atoms with van der Waals surface area (Å²) in [5.41, 5.74) is 2.12. The molecular formula is C17H16BrNO3. The number of fused-ring (bicyclic) bond motifs is 1. The largest absolute Gasteiger partial charge is 0.454 e. The highest BCUT2D eigenvalue weighted by Gasteiger charge is 2.13. The molecule has 0 saturated heterocycles. The van der Waals surface area contributed by atoms with Crippen LogP contribution in [0.2, 0.25) is 0 Å². The number of hydrogen-bond acceptors (Lipinski definition) is 3. The Hall–Kier alpha value is -2.01. The van der Waals surface area contributed by atoms with Crippen LogP contribution in [0.3, 0.4) is 0 Å². The zero-order valence-electron chi connectivity index (χ0n) is 12.0. The van der Waals surface area contributed by atoms with Gasteiger partial charge in [0, 0.05) is 11.0 Å². The number of ether oxygens (including phenoxy) is 2. The van der Waals surface area contributed by atoms with Crippen LogP contribution < -0.4 is 14.8 Å². The zero-order chi connectivity index (χ0) is 15.4. The fourth-order valence-electron chi connectivity index (χ4n) is 2.29. The first-order valence-corrected chi connectivity index (χ1v) is 7.90. The van der Waals surface area contributed by atoms with E-state index in [0.717, 1.165) is 33.5 Å². The van der Waals surface area contributed by atoms with Crippen LogP contribution >= 0.6 is 15.9 Å². The summed E-state index contributed by atoms with van der Waals surface area (Å²) in [7, 11) is 0. The van der Waals surface area contributed by atoms with Crippen molar-refractivity contribution in [3.63, 3.8) is 0 Å². The molecule has 2 aromatic rings. The monoisotopic (exact) mass is 361 g/mol. The SMILES string of the molecule is O=C(Cc1ccc(Br)cc1)NCCc1ccc2c(c1)OCO2. The van der Waals surface area contributed by atoms with Crippen LogP contribution in [0.25, 0.3) is 0 Å². The maximum Gasteiger partial charge on any atom is 0.231 e. The number of amides is 1. The third-order valence-electron chi connectivity index (χ3n) is 3.45. The van der Waals surface area contributed by atoms with Gasteiger partial charge in [0.25, 0.3) is 0 Å². The first-order valence-electron chi connectivity index (χ1n) is 7.10. The van der Waals surface area contributed by atoms with E-state index >= 15 is 0 Å². The maximum atomic E-state index is 11.9. The first kappa shape index (κ1) is 14.9. The molecule has 22 heavy (non-hydrogen) atoms. The van der Waals surface area contributed by atoms with Crippen molar-refractivity contribution in [1.29, 1.82) is 0 Å². The molecule has 1 aliphatic heterocycles. The lowest BCUT2D eigenvalue weighted by atomic mass is 10.1. The second-order valence-corrected chi connectivity index (χ2v) is 6.01. The van der Waals surface area contributed by atoms with Gasteiger partial charge in [0.05, 0.1) is 6.42 Å². The summed E-state index contributed by atoms with van der Waals surface area (Å²) in [6, 6.07) is 13.6. The Morgan fingerprint density at radius 1 is 1.05 bits per heavy atom. The van der Waals surface area contributed by atoms with E-state index in [-0.39, 0.29) is 12.7 Å². The summed E-state index contributed by atoms with van der Waals surface area (Å²) >= 11 is 3.38. The van der Waals surface area contributed by atoms with Crippen molar-refractivity contribution in [1.82, 2.24) is 5.32 Å². The molecule has 1 amide bonds. The van der Waals surface area contributed by atoms with Gasteiger partial charge in [-0.3, -0.25) is 4.79 Å². The molecule has 3 rings (SSSR count). The average Bonchev–Trinajstić information content (AvgIpc) is 2.97. The molecule has 4 nitrogen and oxygen atoms in total. The fraction of sp³-hybridized carbons (Fsp3) is 0.235. The minimum Gasteiger partial charge on any atom is -0.454 e. The highest BCUT2D eigenvalue weighted by atomic mass is 79.9. The smallest absolute Gasteiger partial charge is 0.231 e. The minimum atomic E-state index is 0.0306. The summed E-state index contributed by atoms with van der Waals surface area (Å²) in [4.78, 5) is 11.9. The Bertz CT molecular complexity index is 670. The van der Waals surface area contributed by atoms with Gasteiger partial charge in [-0.25, -0.2) is 0 Å². The summed E-state index contributed by atoms with van der Waals surface area (Å²) < 4.78 is 11.6. The normalized spacial score (nSPS) is 12.2. The van der Waals surface area contributed by atoms with Gasteiger partial charge in [-0.2, -0.15) is 0 Å². The minimum absolute atomic E-state index is 0.0306. The van der Waals surface area contributed by atoms with Gasteiger partial charge in [0.2, 0.25) is 12.7 Å². The molecule has 0 bridgehead atoms. The zero-order valence-corrected chi connectivity index (χ0v) is 13.6. The van der Waals surface area contributed by atoms with Gasteiger partial charge in [-0.1, -0.05) is 34.1 Å². The number of rotatable bonds is 5. The van der Waals surface area contributed by atoms with Gasteiger partial charge in [0.1, 0.15) is 0 Å². The predicted molar refractivity (Wildman–Crippen MR) is 87.1 cm³/mol. The van der Waals surface area contributed by atoms with E-state index in [1.807, 2.05) is 42.5 Å². The molecule has 1 heterocycles. The lowest BCUT2D eigenvalue weighted by Crippen LogP contribution is -2.27. The third kappa shape index (κ3) is 3.80. The Balaban J connectivity index is 1.46. The predicted octanol–water partition coefficient (Wildman–Crippen LogP) is 3.08. The molecule has 0 aromatic heterocycles. The van der Waals surface area contributed by atoms with Gasteiger partial charge in [-0.05, 0) is 41.8 Å². The molecule has 0 spiro atoms. The molecule has 5 heteroatoms. The van der Waals surface area contributed by atoms with Gasteiger partial charge in [-0.15, -0.1) is 0 Å². The lowest BCUT2D eigenvalue weighted by molar-refractivity contribution is -0.120. The first-order chi connectivity index (χ1) is 10.7. The summed E-state index contributed by atoms with van der Waals surface area (Å²) in [6.07, 6.45) is 1.16. The summed E-state index contributed by atoms with van der Waals surface area (Å²) in [5.74, 6) is 1.59. The van der Waals surface area contributed by atoms with E-state index in [2.05, 4.69) is 21.2 Å². The molecule has 0 radical (unpaired) electrons. The number of nitrogens with one attached hydrogen (secondary N) is 1. The van der Waals surface area contributed by atoms with Crippen molar-refractivity contribution >= 4 is 21.8 Å². The Labute approximate surface area is 137 Å². The maximum absolute atomic E-state index is 11.9. The highest BCUT2D eigenvalue weighted by molar-refractivity contribution is 9.10. The van der Waals surface area contributed by atoms with Crippen LogP contribution in [-0.2, 0) is 17.6 Å². The van der Waals surface area contributed by atoms with E-state index in [1.54, 1.807) is 0 Å². The van der Waals surface area contributed by atoms with Crippen molar-refractivity contribution < 1.29 is 14.3 Å². The molecule has 1 N–H and O–H groups in total. The third-order valence-corrected chi connectivity index (χ3v) is 3.98. The number of halogens is 1. The second kappa shape index (κ2) is 6.83. The second-order valence-electron chi connectivity index (χ2n) is 5.09. The number of carbonyl (C=O) groups is 1. The van der Waals surface area contributed by atoms with E-state index in [1.165, 1.54) is 0 Å². The molecule has 0 aliphatic carbocycles. The van der Waals surface area contributed by atoms with Crippen LogP contribution in [0.5, 0.6) is 11.5 Å². The molecule has 1 aliphatic rings. The van der Waals surface area contributed by atoms with Gasteiger partial charge in [0.15, 0.2) is 11.5 Å². The molecule has 0 unspecified atom stereocenters. The molecule has 0 atom stereocenters. The van der Waals surface area contributed by atoms with E-state index in [9.17, 15) is 4.79 Å². The van der Waals surface area contributed by atoms with Crippen molar-refractivity contribution in [3.05, 3.63) is 58.1 Å². The molecule has 114 valence electrons. The Morgan fingerprint density at radius 2 is 1.77 bits per heavy atom. The van der Waals surface area contributed by atoms with Crippen LogP contribution in [0.1, 0.15) is 11.1 Å². The Kier molecular flexibility index (Phi) is 4.63. The van der Waals surface area contributed by atoms with E-state index in [0.29, 0.717) is 13.0 Å². The van der Waals surface area contributed by atoms with Crippen LogP contribution in [-0.4, -0.2) is 19.2 Å². The number of carbonyl (C=O) groups excluding carboxylic acids is 1. The summed E-state index contributed by atoms with van der Waals surface area (Å²) in [6.45, 7) is 0.887. The van der Waals surface area contributed by atoms with Crippen molar-refractivity contribution in [2.45, 2.75) is 12.8 Å². The van der Waals surface area contributed by atoms with Crippen molar-refractivity contribution in [2.75, 3.05) is 13.3 Å². The highest BCUT2D eigenvalue weighted by Crippen LogP contribution is 2.32. The molecule has 2 aromatic carbocycles. The number of hydrogen-bond donors (Lipinski definition) is 1. The average molecular weight is 362 g/mol. The van der Waals surface area contributed by atoms with Crippen LogP contribution in [0.4, 0.5) is 0 Å². The topological polar surface area (TPSA) is 47.6 Å². The molecule has 0 saturated carbocycles. The lowest BCUT2D eigenvalue weighted by Gasteiger charge is -2.06. The van der Waals surface area contributed by atoms with Crippen molar-refractivity contribution in [3.8, 4) is 11.5 Å². The van der Waals surface area contributed by atoms with E-state index < -0.39 is 0 Å². The van der Waals surface area contributed by atoms with Crippen LogP contribution in [0.15, 0.2) is 46.9 Å². The Morgan fingerprint density at radius 3 is 2.59 bits per heavy atom. The molecular weight excluding hydrogens is 346 g/mol.